The van der Waals surface area contributed by atoms with Gasteiger partial charge in [-0.15, -0.1) is 0 Å². The van der Waals surface area contributed by atoms with Crippen molar-refractivity contribution in [2.45, 2.75) is 24.9 Å². The molecule has 0 bridgehead atoms. The molecule has 118 valence electrons. The fraction of sp³-hybridized carbons (Fsp3) is 0.333. The van der Waals surface area contributed by atoms with E-state index in [9.17, 15) is 23.3 Å². The highest BCUT2D eigenvalue weighted by Gasteiger charge is 2.61. The number of alkyl halides is 3. The highest BCUT2D eigenvalue weighted by molar-refractivity contribution is 5.39. The van der Waals surface area contributed by atoms with Gasteiger partial charge in [-0.05, 0) is 24.1 Å². The lowest BCUT2D eigenvalue weighted by Crippen LogP contribution is -2.49. The first kappa shape index (κ1) is 16.1. The molecule has 2 rings (SSSR count). The molecule has 1 aromatic carbocycles. The molecule has 1 heterocycles. The molecular weight excluding hydrogens is 297 g/mol. The van der Waals surface area contributed by atoms with E-state index in [2.05, 4.69) is 4.98 Å². The highest BCUT2D eigenvalue weighted by Crippen LogP contribution is 2.46. The van der Waals surface area contributed by atoms with Gasteiger partial charge < -0.3 is 4.98 Å². The summed E-state index contributed by atoms with van der Waals surface area (Å²) in [7, 11) is 0. The number of aromatic nitrogens is 1. The Balaban J connectivity index is 2.72. The molecule has 2 aromatic rings. The Hall–Kier alpha value is -2.31. The van der Waals surface area contributed by atoms with Crippen molar-refractivity contribution in [3.05, 3.63) is 69.5 Å². The lowest BCUT2D eigenvalue weighted by Gasteiger charge is -2.32. The SMILES string of the molecule is CCc1ccc([C@](C[N+](=O)[O-])(c2ccccc2)C(F)(F)F)[nH]1. The number of hydrogen-bond donors (Lipinski definition) is 1. The van der Waals surface area contributed by atoms with Crippen LogP contribution in [0.5, 0.6) is 0 Å². The number of halogens is 3. The molecule has 0 aliphatic rings. The van der Waals surface area contributed by atoms with E-state index in [4.69, 9.17) is 0 Å². The van der Waals surface area contributed by atoms with Crippen molar-refractivity contribution in [3.8, 4) is 0 Å². The Kier molecular flexibility index (Phi) is 4.25. The van der Waals surface area contributed by atoms with Crippen LogP contribution in [0.3, 0.4) is 0 Å². The standard InChI is InChI=1S/C15H15F3N2O2/c1-2-12-8-9-13(19-12)14(10-20(21)22,15(16,17)18)11-6-4-3-5-7-11/h3-9,19H,2,10H2,1H3/t14-/m0/s1. The molecule has 0 aliphatic heterocycles. The van der Waals surface area contributed by atoms with Crippen LogP contribution < -0.4 is 0 Å². The van der Waals surface area contributed by atoms with E-state index in [0.29, 0.717) is 12.1 Å². The van der Waals surface area contributed by atoms with Crippen LogP contribution in [0.2, 0.25) is 0 Å². The highest BCUT2D eigenvalue weighted by atomic mass is 19.4. The summed E-state index contributed by atoms with van der Waals surface area (Å²) in [5.41, 5.74) is -2.45. The summed E-state index contributed by atoms with van der Waals surface area (Å²) in [5.74, 6) is 0. The minimum Gasteiger partial charge on any atom is -0.361 e. The first-order valence-electron chi connectivity index (χ1n) is 6.73. The number of H-pyrrole nitrogens is 1. The fourth-order valence-electron chi connectivity index (χ4n) is 2.55. The number of benzene rings is 1. The Morgan fingerprint density at radius 3 is 2.23 bits per heavy atom. The lowest BCUT2D eigenvalue weighted by atomic mass is 9.76. The van der Waals surface area contributed by atoms with Gasteiger partial charge in [0.15, 0.2) is 5.41 Å². The average molecular weight is 312 g/mol. The summed E-state index contributed by atoms with van der Waals surface area (Å²) >= 11 is 0. The first-order valence-corrected chi connectivity index (χ1v) is 6.73. The zero-order valence-electron chi connectivity index (χ0n) is 11.9. The van der Waals surface area contributed by atoms with Gasteiger partial charge in [-0.25, -0.2) is 0 Å². The van der Waals surface area contributed by atoms with Crippen LogP contribution in [0, 0.1) is 10.1 Å². The van der Waals surface area contributed by atoms with Crippen molar-refractivity contribution < 1.29 is 18.1 Å². The molecule has 0 aliphatic carbocycles. The van der Waals surface area contributed by atoms with Crippen LogP contribution in [-0.4, -0.2) is 22.6 Å². The van der Waals surface area contributed by atoms with Crippen LogP contribution in [0.15, 0.2) is 42.5 Å². The van der Waals surface area contributed by atoms with Gasteiger partial charge in [0.2, 0.25) is 6.54 Å². The van der Waals surface area contributed by atoms with Crippen LogP contribution in [0.4, 0.5) is 13.2 Å². The molecule has 4 nitrogen and oxygen atoms in total. The van der Waals surface area contributed by atoms with Crippen molar-refractivity contribution in [2.75, 3.05) is 6.54 Å². The number of aryl methyl sites for hydroxylation is 1. The molecule has 1 aromatic heterocycles. The predicted octanol–water partition coefficient (Wildman–Crippen LogP) is 3.70. The molecule has 0 amide bonds. The van der Waals surface area contributed by atoms with Gasteiger partial charge >= 0.3 is 6.18 Å². The van der Waals surface area contributed by atoms with Gasteiger partial charge in [-0.1, -0.05) is 37.3 Å². The summed E-state index contributed by atoms with van der Waals surface area (Å²) < 4.78 is 41.7. The Morgan fingerprint density at radius 2 is 1.77 bits per heavy atom. The molecular formula is C15H15F3N2O2. The summed E-state index contributed by atoms with van der Waals surface area (Å²) in [6.07, 6.45) is -4.29. The molecule has 22 heavy (non-hydrogen) atoms. The van der Waals surface area contributed by atoms with Gasteiger partial charge in [0.05, 0.1) is 0 Å². The molecule has 0 unspecified atom stereocenters. The second-order valence-corrected chi connectivity index (χ2v) is 5.01. The van der Waals surface area contributed by atoms with Crippen molar-refractivity contribution in [1.82, 2.24) is 4.98 Å². The molecule has 0 radical (unpaired) electrons. The maximum absolute atomic E-state index is 13.9. The third-order valence-electron chi connectivity index (χ3n) is 3.70. The van der Waals surface area contributed by atoms with E-state index >= 15 is 0 Å². The monoisotopic (exact) mass is 312 g/mol. The fourth-order valence-corrected chi connectivity index (χ4v) is 2.55. The molecule has 7 heteroatoms. The summed E-state index contributed by atoms with van der Waals surface area (Å²) in [5, 5.41) is 11.0. The van der Waals surface area contributed by atoms with Gasteiger partial charge in [-0.2, -0.15) is 13.2 Å². The maximum atomic E-state index is 13.9. The molecule has 0 saturated carbocycles. The van der Waals surface area contributed by atoms with Crippen molar-refractivity contribution in [1.29, 1.82) is 0 Å². The third kappa shape index (κ3) is 2.70. The van der Waals surface area contributed by atoms with Crippen molar-refractivity contribution >= 4 is 0 Å². The summed E-state index contributed by atoms with van der Waals surface area (Å²) in [6.45, 7) is 0.533. The quantitative estimate of drug-likeness (QED) is 0.676. The topological polar surface area (TPSA) is 58.9 Å². The van der Waals surface area contributed by atoms with Gasteiger partial charge in [0, 0.05) is 16.3 Å². The van der Waals surface area contributed by atoms with Crippen molar-refractivity contribution in [2.24, 2.45) is 0 Å². The van der Waals surface area contributed by atoms with Gasteiger partial charge in [0.25, 0.3) is 0 Å². The maximum Gasteiger partial charge on any atom is 0.410 e. The summed E-state index contributed by atoms with van der Waals surface area (Å²) in [4.78, 5) is 12.7. The Labute approximate surface area is 125 Å². The van der Waals surface area contributed by atoms with E-state index in [1.807, 2.05) is 0 Å². The van der Waals surface area contributed by atoms with Gasteiger partial charge in [0.1, 0.15) is 0 Å². The van der Waals surface area contributed by atoms with E-state index in [1.165, 1.54) is 36.4 Å². The minimum atomic E-state index is -4.81. The number of rotatable bonds is 5. The van der Waals surface area contributed by atoms with E-state index < -0.39 is 23.1 Å². The zero-order valence-corrected chi connectivity index (χ0v) is 11.9. The predicted molar refractivity (Wildman–Crippen MR) is 75.3 cm³/mol. The number of nitrogens with zero attached hydrogens (tertiary/aromatic N) is 1. The lowest BCUT2D eigenvalue weighted by molar-refractivity contribution is -0.498. The normalized spacial score (nSPS) is 14.5. The number of nitro groups is 1. The van der Waals surface area contributed by atoms with Gasteiger partial charge in [-0.3, -0.25) is 10.1 Å². The Bertz CT molecular complexity index is 652. The van der Waals surface area contributed by atoms with E-state index in [0.717, 1.165) is 0 Å². The zero-order chi connectivity index (χ0) is 16.4. The largest absolute Gasteiger partial charge is 0.410 e. The first-order chi connectivity index (χ1) is 10.3. The van der Waals surface area contributed by atoms with Crippen molar-refractivity contribution in [3.63, 3.8) is 0 Å². The number of nitrogens with one attached hydrogen (secondary N) is 1. The van der Waals surface area contributed by atoms with Crippen LogP contribution in [0.25, 0.3) is 0 Å². The van der Waals surface area contributed by atoms with E-state index in [1.54, 1.807) is 13.0 Å². The molecule has 0 spiro atoms. The molecule has 1 N–H and O–H groups in total. The van der Waals surface area contributed by atoms with E-state index in [-0.39, 0.29) is 11.3 Å². The second-order valence-electron chi connectivity index (χ2n) is 5.01. The minimum absolute atomic E-state index is 0.149. The third-order valence-corrected chi connectivity index (χ3v) is 3.70. The van der Waals surface area contributed by atoms with Crippen LogP contribution >= 0.6 is 0 Å². The molecule has 0 fully saturated rings. The Morgan fingerprint density at radius 1 is 1.14 bits per heavy atom. The van der Waals surface area contributed by atoms with Crippen LogP contribution in [0.1, 0.15) is 23.9 Å². The number of aromatic amines is 1. The number of hydrogen-bond acceptors (Lipinski definition) is 2. The molecule has 1 atom stereocenters. The van der Waals surface area contributed by atoms with Crippen LogP contribution in [-0.2, 0) is 11.8 Å². The average Bonchev–Trinajstić information content (AvgIpc) is 2.93. The second kappa shape index (κ2) is 5.82. The smallest absolute Gasteiger partial charge is 0.361 e. The molecule has 0 saturated heterocycles. The summed E-state index contributed by atoms with van der Waals surface area (Å²) in [6, 6.07) is 9.80.